The number of amidine groups is 2. The highest BCUT2D eigenvalue weighted by Crippen LogP contribution is 2.35. The Morgan fingerprint density at radius 3 is 2.37 bits per heavy atom. The number of hydrogen-bond donors (Lipinski definition) is 2. The van der Waals surface area contributed by atoms with E-state index in [1.165, 1.54) is 16.7 Å². The van der Waals surface area contributed by atoms with Gasteiger partial charge < -0.3 is 10.6 Å². The molecule has 0 unspecified atom stereocenters. The predicted molar refractivity (Wildman–Crippen MR) is 163 cm³/mol. The second-order valence-electron chi connectivity index (χ2n) is 10.1. The number of thioether (sulfide) groups is 1. The van der Waals surface area contributed by atoms with E-state index in [1.807, 2.05) is 92.7 Å². The molecule has 9 heteroatoms. The summed E-state index contributed by atoms with van der Waals surface area (Å²) in [5, 5.41) is 5.92. The van der Waals surface area contributed by atoms with Crippen molar-refractivity contribution in [1.29, 1.82) is 0 Å². The Balaban J connectivity index is 1.26. The van der Waals surface area contributed by atoms with Gasteiger partial charge in [0.15, 0.2) is 5.17 Å². The average Bonchev–Trinajstić information content (AvgIpc) is 3.34. The van der Waals surface area contributed by atoms with Gasteiger partial charge in [-0.05, 0) is 43.0 Å². The lowest BCUT2D eigenvalue weighted by Gasteiger charge is -2.27. The monoisotopic (exact) mass is 567 g/mol. The molecule has 5 rings (SSSR count). The molecule has 0 saturated carbocycles. The summed E-state index contributed by atoms with van der Waals surface area (Å²) in [6, 6.07) is 24.6. The van der Waals surface area contributed by atoms with Gasteiger partial charge in [0.1, 0.15) is 11.9 Å². The first-order chi connectivity index (χ1) is 19.9. The molecule has 210 valence electrons. The number of aryl methyl sites for hydroxylation is 1. The van der Waals surface area contributed by atoms with Gasteiger partial charge in [0.05, 0.1) is 10.9 Å². The Morgan fingerprint density at radius 2 is 1.61 bits per heavy atom. The zero-order chi connectivity index (χ0) is 28.8. The lowest BCUT2D eigenvalue weighted by Crippen LogP contribution is -2.43. The van der Waals surface area contributed by atoms with Crippen molar-refractivity contribution in [3.8, 4) is 0 Å². The zero-order valence-electron chi connectivity index (χ0n) is 23.2. The van der Waals surface area contributed by atoms with Crippen LogP contribution in [0.2, 0.25) is 0 Å². The maximum atomic E-state index is 13.6. The van der Waals surface area contributed by atoms with E-state index < -0.39 is 11.3 Å². The van der Waals surface area contributed by atoms with Crippen LogP contribution in [0.15, 0.2) is 88.8 Å². The normalized spacial score (nSPS) is 16.3. The summed E-state index contributed by atoms with van der Waals surface area (Å²) in [6.45, 7) is 4.83. The molecule has 0 bridgehead atoms. The standard InChI is InChI=1S/C32H33N5O3S/c1-3-27(30(39)34-20-23-15-13-21(2)14-16-23)41-32-36-25-12-8-7-11-24(25)29-35-26(31(40)37(29)32)17-18-28(38)33-19-22-9-5-4-6-10-22/h4-16,26-27H,3,17-20H2,1-2H3,(H,33,38)(H,34,39)/t26-,27+/m1/s1. The summed E-state index contributed by atoms with van der Waals surface area (Å²) in [5.74, 6) is 0.0438. The second kappa shape index (κ2) is 13.0. The fraction of sp³-hybridized carbons (Fsp3) is 0.281. The number of nitrogens with zero attached hydrogens (tertiary/aromatic N) is 3. The molecule has 2 N–H and O–H groups in total. The Kier molecular flexibility index (Phi) is 8.94. The van der Waals surface area contributed by atoms with Crippen LogP contribution in [0.25, 0.3) is 0 Å². The van der Waals surface area contributed by atoms with Gasteiger partial charge in [0.25, 0.3) is 5.91 Å². The Labute approximate surface area is 244 Å². The minimum Gasteiger partial charge on any atom is -0.352 e. The predicted octanol–water partition coefficient (Wildman–Crippen LogP) is 4.88. The Morgan fingerprint density at radius 1 is 0.927 bits per heavy atom. The third kappa shape index (κ3) is 6.74. The number of benzene rings is 3. The van der Waals surface area contributed by atoms with E-state index in [-0.39, 0.29) is 30.6 Å². The summed E-state index contributed by atoms with van der Waals surface area (Å²) < 4.78 is 0. The molecular formula is C32H33N5O3S. The van der Waals surface area contributed by atoms with Crippen molar-refractivity contribution in [3.05, 3.63) is 101 Å². The summed E-state index contributed by atoms with van der Waals surface area (Å²) in [7, 11) is 0. The zero-order valence-corrected chi connectivity index (χ0v) is 24.0. The van der Waals surface area contributed by atoms with Crippen molar-refractivity contribution in [3.63, 3.8) is 0 Å². The van der Waals surface area contributed by atoms with Gasteiger partial charge in [0.2, 0.25) is 11.8 Å². The summed E-state index contributed by atoms with van der Waals surface area (Å²) in [4.78, 5) is 50.4. The van der Waals surface area contributed by atoms with Crippen molar-refractivity contribution in [2.24, 2.45) is 9.98 Å². The van der Waals surface area contributed by atoms with E-state index in [0.717, 1.165) is 22.3 Å². The lowest BCUT2D eigenvalue weighted by atomic mass is 10.1. The van der Waals surface area contributed by atoms with Gasteiger partial charge in [-0.2, -0.15) is 0 Å². The molecule has 3 aromatic rings. The first-order valence-electron chi connectivity index (χ1n) is 13.8. The minimum atomic E-state index is -0.695. The second-order valence-corrected chi connectivity index (χ2v) is 11.2. The molecule has 3 amide bonds. The third-order valence-corrected chi connectivity index (χ3v) is 8.34. The quantitative estimate of drug-likeness (QED) is 0.365. The van der Waals surface area contributed by atoms with Crippen LogP contribution in [-0.2, 0) is 27.5 Å². The number of aliphatic imine (C=N–C) groups is 2. The smallest absolute Gasteiger partial charge is 0.259 e. The van der Waals surface area contributed by atoms with Crippen LogP contribution in [0.5, 0.6) is 0 Å². The first-order valence-corrected chi connectivity index (χ1v) is 14.7. The highest BCUT2D eigenvalue weighted by molar-refractivity contribution is 8.15. The van der Waals surface area contributed by atoms with E-state index in [0.29, 0.717) is 36.2 Å². The van der Waals surface area contributed by atoms with Gasteiger partial charge in [0, 0.05) is 25.1 Å². The molecule has 2 heterocycles. The lowest BCUT2D eigenvalue weighted by molar-refractivity contribution is -0.125. The van der Waals surface area contributed by atoms with Crippen molar-refractivity contribution < 1.29 is 14.4 Å². The SMILES string of the molecule is CC[C@H](SC1=Nc2ccccc2C2=N[C@H](CCC(=O)NCc3ccccc3)C(=O)N12)C(=O)NCc1ccc(C)cc1. The van der Waals surface area contributed by atoms with Crippen LogP contribution in [0.3, 0.4) is 0 Å². The van der Waals surface area contributed by atoms with Crippen LogP contribution < -0.4 is 10.6 Å². The van der Waals surface area contributed by atoms with E-state index in [1.54, 1.807) is 0 Å². The molecule has 0 radical (unpaired) electrons. The summed E-state index contributed by atoms with van der Waals surface area (Å²) in [6.07, 6.45) is 1.02. The fourth-order valence-electron chi connectivity index (χ4n) is 4.68. The first kappa shape index (κ1) is 28.3. The van der Waals surface area contributed by atoms with Crippen LogP contribution >= 0.6 is 11.8 Å². The van der Waals surface area contributed by atoms with E-state index >= 15 is 0 Å². The van der Waals surface area contributed by atoms with Crippen molar-refractivity contribution >= 4 is 46.2 Å². The largest absolute Gasteiger partial charge is 0.352 e. The van der Waals surface area contributed by atoms with Crippen molar-refractivity contribution in [2.45, 2.75) is 57.5 Å². The number of carbonyl (C=O) groups excluding carboxylic acids is 3. The minimum absolute atomic E-state index is 0.114. The van der Waals surface area contributed by atoms with Gasteiger partial charge in [-0.25, -0.2) is 9.89 Å². The molecule has 2 aliphatic heterocycles. The molecule has 8 nitrogen and oxygen atoms in total. The number of rotatable bonds is 10. The van der Waals surface area contributed by atoms with Crippen molar-refractivity contribution in [2.75, 3.05) is 0 Å². The molecular weight excluding hydrogens is 534 g/mol. The molecule has 0 fully saturated rings. The summed E-state index contributed by atoms with van der Waals surface area (Å²) >= 11 is 1.27. The molecule has 3 aromatic carbocycles. The summed E-state index contributed by atoms with van der Waals surface area (Å²) in [5.41, 5.74) is 4.66. The van der Waals surface area contributed by atoms with Gasteiger partial charge in [-0.15, -0.1) is 0 Å². The highest BCUT2D eigenvalue weighted by atomic mass is 32.2. The third-order valence-electron chi connectivity index (χ3n) is 7.02. The molecule has 41 heavy (non-hydrogen) atoms. The van der Waals surface area contributed by atoms with Crippen LogP contribution in [0.1, 0.15) is 48.4 Å². The molecule has 2 aliphatic rings. The van der Waals surface area contributed by atoms with Crippen LogP contribution in [0.4, 0.5) is 5.69 Å². The number of carbonyl (C=O) groups is 3. The Hall–Kier alpha value is -4.24. The van der Waals surface area contributed by atoms with E-state index in [4.69, 9.17) is 9.98 Å². The molecule has 0 saturated heterocycles. The van der Waals surface area contributed by atoms with Crippen LogP contribution in [-0.4, -0.2) is 44.9 Å². The number of amides is 3. The van der Waals surface area contributed by atoms with Crippen LogP contribution in [0, 0.1) is 6.92 Å². The molecule has 0 aliphatic carbocycles. The Bertz CT molecular complexity index is 1490. The average molecular weight is 568 g/mol. The van der Waals surface area contributed by atoms with Gasteiger partial charge in [-0.1, -0.05) is 91.0 Å². The fourth-order valence-corrected chi connectivity index (χ4v) is 5.72. The molecule has 0 aromatic heterocycles. The number of fused-ring (bicyclic) bond motifs is 3. The van der Waals surface area contributed by atoms with E-state index in [9.17, 15) is 14.4 Å². The molecule has 0 spiro atoms. The topological polar surface area (TPSA) is 103 Å². The maximum absolute atomic E-state index is 13.6. The van der Waals surface area contributed by atoms with Gasteiger partial charge in [-0.3, -0.25) is 19.4 Å². The van der Waals surface area contributed by atoms with E-state index in [2.05, 4.69) is 10.6 Å². The number of hydrogen-bond acceptors (Lipinski definition) is 6. The highest BCUT2D eigenvalue weighted by Gasteiger charge is 2.42. The number of para-hydroxylation sites is 1. The molecule has 2 atom stereocenters. The van der Waals surface area contributed by atoms with Gasteiger partial charge >= 0.3 is 0 Å². The van der Waals surface area contributed by atoms with Crippen molar-refractivity contribution in [1.82, 2.24) is 15.5 Å². The number of nitrogens with one attached hydrogen (secondary N) is 2. The maximum Gasteiger partial charge on any atom is 0.259 e.